The lowest BCUT2D eigenvalue weighted by molar-refractivity contribution is -0.384. The molecule has 0 spiro atoms. The van der Waals surface area contributed by atoms with Crippen LogP contribution in [0.3, 0.4) is 0 Å². The van der Waals surface area contributed by atoms with E-state index in [0.717, 1.165) is 6.20 Å². The van der Waals surface area contributed by atoms with Crippen LogP contribution in [0.25, 0.3) is 0 Å². The first-order chi connectivity index (χ1) is 10.5. The minimum absolute atomic E-state index is 0.105. The predicted molar refractivity (Wildman–Crippen MR) is 79.3 cm³/mol. The zero-order valence-electron chi connectivity index (χ0n) is 12.3. The van der Waals surface area contributed by atoms with Crippen LogP contribution in [0.15, 0.2) is 30.5 Å². The number of para-hydroxylation sites is 1. The van der Waals surface area contributed by atoms with E-state index in [9.17, 15) is 14.9 Å². The number of aryl methyl sites for hydroxylation is 1. The molecule has 0 saturated carbocycles. The summed E-state index contributed by atoms with van der Waals surface area (Å²) < 4.78 is 4.73. The Morgan fingerprint density at radius 1 is 1.36 bits per heavy atom. The SMILES string of the molecule is COC(=O)c1ccccc1N(C)c1nc(C)ncc1[N+](=O)[O-]. The monoisotopic (exact) mass is 302 g/mol. The summed E-state index contributed by atoms with van der Waals surface area (Å²) in [5, 5.41) is 11.2. The lowest BCUT2D eigenvalue weighted by Crippen LogP contribution is -2.18. The van der Waals surface area contributed by atoms with Crippen LogP contribution in [-0.4, -0.2) is 35.0 Å². The Kier molecular flexibility index (Phi) is 4.31. The molecule has 1 aromatic carbocycles. The van der Waals surface area contributed by atoms with Gasteiger partial charge in [-0.05, 0) is 19.1 Å². The molecule has 0 aliphatic heterocycles. The molecule has 0 aliphatic rings. The summed E-state index contributed by atoms with van der Waals surface area (Å²) >= 11 is 0. The van der Waals surface area contributed by atoms with E-state index in [4.69, 9.17) is 4.74 Å². The summed E-state index contributed by atoms with van der Waals surface area (Å²) in [4.78, 5) is 31.9. The van der Waals surface area contributed by atoms with Gasteiger partial charge in [-0.3, -0.25) is 10.1 Å². The first-order valence-electron chi connectivity index (χ1n) is 6.34. The zero-order chi connectivity index (χ0) is 16.3. The van der Waals surface area contributed by atoms with E-state index in [1.54, 1.807) is 38.2 Å². The van der Waals surface area contributed by atoms with Crippen LogP contribution in [0.5, 0.6) is 0 Å². The molecule has 8 heteroatoms. The topological polar surface area (TPSA) is 98.5 Å². The van der Waals surface area contributed by atoms with Gasteiger partial charge in [-0.25, -0.2) is 14.8 Å². The second-order valence-electron chi connectivity index (χ2n) is 4.45. The van der Waals surface area contributed by atoms with Crippen molar-refractivity contribution in [1.82, 2.24) is 9.97 Å². The predicted octanol–water partition coefficient (Wildman–Crippen LogP) is 2.25. The van der Waals surface area contributed by atoms with E-state index in [-0.39, 0.29) is 17.1 Å². The van der Waals surface area contributed by atoms with Gasteiger partial charge in [0.1, 0.15) is 12.0 Å². The molecule has 1 heterocycles. The molecular weight excluding hydrogens is 288 g/mol. The number of nitrogens with zero attached hydrogens (tertiary/aromatic N) is 4. The summed E-state index contributed by atoms with van der Waals surface area (Å²) in [6.07, 6.45) is 1.15. The van der Waals surface area contributed by atoms with Crippen molar-refractivity contribution < 1.29 is 14.5 Å². The van der Waals surface area contributed by atoms with Gasteiger partial charge in [-0.2, -0.15) is 0 Å². The quantitative estimate of drug-likeness (QED) is 0.485. The minimum atomic E-state index is -0.563. The highest BCUT2D eigenvalue weighted by atomic mass is 16.6. The van der Waals surface area contributed by atoms with Gasteiger partial charge in [-0.1, -0.05) is 12.1 Å². The number of carbonyl (C=O) groups excluding carboxylic acids is 1. The molecule has 2 rings (SSSR count). The van der Waals surface area contributed by atoms with E-state index < -0.39 is 10.9 Å². The van der Waals surface area contributed by atoms with E-state index in [1.807, 2.05) is 0 Å². The normalized spacial score (nSPS) is 10.1. The number of anilines is 2. The number of methoxy groups -OCH3 is 1. The number of ether oxygens (including phenoxy) is 1. The highest BCUT2D eigenvalue weighted by molar-refractivity contribution is 5.97. The van der Waals surface area contributed by atoms with Crippen molar-refractivity contribution >= 4 is 23.2 Å². The third kappa shape index (κ3) is 2.85. The van der Waals surface area contributed by atoms with Crippen molar-refractivity contribution in [3.05, 3.63) is 52.0 Å². The van der Waals surface area contributed by atoms with E-state index in [1.165, 1.54) is 12.0 Å². The lowest BCUT2D eigenvalue weighted by atomic mass is 10.1. The number of hydrogen-bond donors (Lipinski definition) is 0. The average molecular weight is 302 g/mol. The molecule has 0 amide bonds. The van der Waals surface area contributed by atoms with Crippen LogP contribution in [0.1, 0.15) is 16.2 Å². The van der Waals surface area contributed by atoms with E-state index >= 15 is 0 Å². The van der Waals surface area contributed by atoms with Gasteiger partial charge in [0.25, 0.3) is 0 Å². The fraction of sp³-hybridized carbons (Fsp3) is 0.214. The van der Waals surface area contributed by atoms with Crippen molar-refractivity contribution in [2.45, 2.75) is 6.92 Å². The molecule has 114 valence electrons. The largest absolute Gasteiger partial charge is 0.465 e. The maximum absolute atomic E-state index is 11.8. The number of esters is 1. The number of nitro groups is 1. The third-order valence-corrected chi connectivity index (χ3v) is 3.06. The average Bonchev–Trinajstić information content (AvgIpc) is 2.53. The van der Waals surface area contributed by atoms with Crippen molar-refractivity contribution in [1.29, 1.82) is 0 Å². The van der Waals surface area contributed by atoms with Crippen molar-refractivity contribution in [3.63, 3.8) is 0 Å². The van der Waals surface area contributed by atoms with Crippen LogP contribution in [0, 0.1) is 17.0 Å². The third-order valence-electron chi connectivity index (χ3n) is 3.06. The summed E-state index contributed by atoms with van der Waals surface area (Å²) in [6.45, 7) is 1.63. The maximum atomic E-state index is 11.8. The molecule has 0 unspecified atom stereocenters. The van der Waals surface area contributed by atoms with Gasteiger partial charge in [0.15, 0.2) is 0 Å². The molecular formula is C14H14N4O4. The fourth-order valence-corrected chi connectivity index (χ4v) is 1.99. The van der Waals surface area contributed by atoms with Crippen molar-refractivity contribution in [2.75, 3.05) is 19.1 Å². The van der Waals surface area contributed by atoms with Crippen LogP contribution < -0.4 is 4.90 Å². The number of benzene rings is 1. The Hall–Kier alpha value is -3.03. The Morgan fingerprint density at radius 2 is 2.05 bits per heavy atom. The second kappa shape index (κ2) is 6.17. The number of rotatable bonds is 4. The second-order valence-corrected chi connectivity index (χ2v) is 4.45. The molecule has 0 bridgehead atoms. The first kappa shape index (κ1) is 15.4. The smallest absolute Gasteiger partial charge is 0.339 e. The molecule has 0 aliphatic carbocycles. The van der Waals surface area contributed by atoms with Crippen molar-refractivity contribution in [2.24, 2.45) is 0 Å². The molecule has 8 nitrogen and oxygen atoms in total. The molecule has 0 N–H and O–H groups in total. The molecule has 0 radical (unpaired) electrons. The highest BCUT2D eigenvalue weighted by Crippen LogP contribution is 2.32. The highest BCUT2D eigenvalue weighted by Gasteiger charge is 2.24. The van der Waals surface area contributed by atoms with Gasteiger partial charge < -0.3 is 9.64 Å². The summed E-state index contributed by atoms with van der Waals surface area (Å²) in [5.41, 5.74) is 0.501. The van der Waals surface area contributed by atoms with Crippen LogP contribution >= 0.6 is 0 Å². The minimum Gasteiger partial charge on any atom is -0.465 e. The van der Waals surface area contributed by atoms with Crippen LogP contribution in [0.2, 0.25) is 0 Å². The van der Waals surface area contributed by atoms with Gasteiger partial charge in [-0.15, -0.1) is 0 Å². The van der Waals surface area contributed by atoms with E-state index in [2.05, 4.69) is 9.97 Å². The molecule has 0 saturated heterocycles. The standard InChI is InChI=1S/C14H14N4O4/c1-9-15-8-12(18(20)21)13(16-9)17(2)11-7-5-4-6-10(11)14(19)22-3/h4-8H,1-3H3. The molecule has 2 aromatic rings. The number of carbonyl (C=O) groups is 1. The Bertz CT molecular complexity index is 733. The summed E-state index contributed by atoms with van der Waals surface area (Å²) in [7, 11) is 2.87. The maximum Gasteiger partial charge on any atom is 0.339 e. The van der Waals surface area contributed by atoms with Crippen LogP contribution in [0.4, 0.5) is 17.2 Å². The Labute approximate surface area is 126 Å². The zero-order valence-corrected chi connectivity index (χ0v) is 12.3. The van der Waals surface area contributed by atoms with Gasteiger partial charge in [0.2, 0.25) is 5.82 Å². The Morgan fingerprint density at radius 3 is 2.68 bits per heavy atom. The molecule has 0 atom stereocenters. The lowest BCUT2D eigenvalue weighted by Gasteiger charge is -2.20. The number of aromatic nitrogens is 2. The summed E-state index contributed by atoms with van der Waals surface area (Å²) in [5.74, 6) is -0.0345. The summed E-state index contributed by atoms with van der Waals surface area (Å²) in [6, 6.07) is 6.65. The number of hydrogen-bond acceptors (Lipinski definition) is 7. The fourth-order valence-electron chi connectivity index (χ4n) is 1.99. The molecule has 1 aromatic heterocycles. The van der Waals surface area contributed by atoms with Gasteiger partial charge >= 0.3 is 11.7 Å². The van der Waals surface area contributed by atoms with Gasteiger partial charge in [0.05, 0.1) is 23.3 Å². The van der Waals surface area contributed by atoms with Gasteiger partial charge in [0, 0.05) is 7.05 Å². The van der Waals surface area contributed by atoms with E-state index in [0.29, 0.717) is 11.5 Å². The Balaban J connectivity index is 2.58. The van der Waals surface area contributed by atoms with Crippen molar-refractivity contribution in [3.8, 4) is 0 Å². The molecule has 0 fully saturated rings. The molecule has 22 heavy (non-hydrogen) atoms. The first-order valence-corrected chi connectivity index (χ1v) is 6.34. The van der Waals surface area contributed by atoms with Crippen LogP contribution in [-0.2, 0) is 4.74 Å².